The standard InChI is InChI=1S/C37H67O8P/c1-3-5-7-9-11-13-15-17-18-20-22-24-26-28-30-32-37(39)45-35(34-44-46(40,41)42)33-43-36(38)31-29-27-25-23-21-19-16-14-12-10-8-6-4-2/h11,13-14,16-18,35H,3-10,12,15,19-34H2,1-2H3,(H2,40,41,42)/b13-11-,16-14-,18-17-. The van der Waals surface area contributed by atoms with Crippen LogP contribution in [-0.2, 0) is 28.2 Å². The van der Waals surface area contributed by atoms with Crippen molar-refractivity contribution in [2.45, 2.75) is 174 Å². The predicted molar refractivity (Wildman–Crippen MR) is 188 cm³/mol. The first-order chi connectivity index (χ1) is 22.3. The van der Waals surface area contributed by atoms with E-state index in [0.29, 0.717) is 12.8 Å². The minimum Gasteiger partial charge on any atom is -0.462 e. The Morgan fingerprint density at radius 1 is 0.565 bits per heavy atom. The van der Waals surface area contributed by atoms with E-state index in [4.69, 9.17) is 19.3 Å². The first-order valence-electron chi connectivity index (χ1n) is 18.3. The zero-order chi connectivity index (χ0) is 34.0. The highest BCUT2D eigenvalue weighted by atomic mass is 31.2. The molecule has 2 N–H and O–H groups in total. The van der Waals surface area contributed by atoms with Crippen molar-refractivity contribution in [3.8, 4) is 0 Å². The van der Waals surface area contributed by atoms with Gasteiger partial charge in [0, 0.05) is 12.8 Å². The predicted octanol–water partition coefficient (Wildman–Crippen LogP) is 10.6. The fraction of sp³-hybridized carbons (Fsp3) is 0.784. The maximum absolute atomic E-state index is 12.3. The highest BCUT2D eigenvalue weighted by molar-refractivity contribution is 7.46. The Hall–Kier alpha value is -1.73. The Balaban J connectivity index is 4.03. The van der Waals surface area contributed by atoms with Crippen molar-refractivity contribution >= 4 is 19.8 Å². The molecule has 1 unspecified atom stereocenters. The lowest BCUT2D eigenvalue weighted by atomic mass is 10.1. The Morgan fingerprint density at radius 3 is 1.50 bits per heavy atom. The van der Waals surface area contributed by atoms with Crippen molar-refractivity contribution in [3.63, 3.8) is 0 Å². The van der Waals surface area contributed by atoms with Crippen LogP contribution < -0.4 is 0 Å². The normalized spacial score (nSPS) is 12.9. The van der Waals surface area contributed by atoms with E-state index in [-0.39, 0.29) is 19.4 Å². The summed E-state index contributed by atoms with van der Waals surface area (Å²) in [5, 5.41) is 0. The number of phosphoric acid groups is 1. The summed E-state index contributed by atoms with van der Waals surface area (Å²) < 4.78 is 26.2. The monoisotopic (exact) mass is 670 g/mol. The molecule has 0 saturated heterocycles. The smallest absolute Gasteiger partial charge is 0.462 e. The molecular weight excluding hydrogens is 603 g/mol. The van der Waals surface area contributed by atoms with Gasteiger partial charge in [0.2, 0.25) is 0 Å². The van der Waals surface area contributed by atoms with Crippen LogP contribution in [0.5, 0.6) is 0 Å². The maximum atomic E-state index is 12.3. The second-order valence-electron chi connectivity index (χ2n) is 12.2. The first-order valence-corrected chi connectivity index (χ1v) is 19.8. The zero-order valence-electron chi connectivity index (χ0n) is 29.2. The molecule has 268 valence electrons. The Morgan fingerprint density at radius 2 is 0.978 bits per heavy atom. The molecule has 0 aliphatic heterocycles. The van der Waals surface area contributed by atoms with Crippen LogP contribution in [0.1, 0.15) is 168 Å². The van der Waals surface area contributed by atoms with E-state index >= 15 is 0 Å². The molecule has 1 atom stereocenters. The van der Waals surface area contributed by atoms with Gasteiger partial charge < -0.3 is 19.3 Å². The number of carbonyl (C=O) groups is 2. The summed E-state index contributed by atoms with van der Waals surface area (Å²) >= 11 is 0. The first kappa shape index (κ1) is 44.3. The van der Waals surface area contributed by atoms with E-state index in [1.165, 1.54) is 57.8 Å². The van der Waals surface area contributed by atoms with Gasteiger partial charge in [-0.2, -0.15) is 0 Å². The van der Waals surface area contributed by atoms with Crippen LogP contribution in [0.25, 0.3) is 0 Å². The molecule has 0 heterocycles. The quantitative estimate of drug-likeness (QED) is 0.0306. The molecule has 0 aromatic carbocycles. The number of carbonyl (C=O) groups excluding carboxylic acids is 2. The topological polar surface area (TPSA) is 119 Å². The van der Waals surface area contributed by atoms with Crippen LogP contribution in [0, 0.1) is 0 Å². The Labute approximate surface area is 281 Å². The number of hydrogen-bond donors (Lipinski definition) is 2. The average Bonchev–Trinajstić information content (AvgIpc) is 3.02. The molecule has 0 aliphatic carbocycles. The van der Waals surface area contributed by atoms with Gasteiger partial charge in [0.25, 0.3) is 0 Å². The fourth-order valence-electron chi connectivity index (χ4n) is 4.87. The summed E-state index contributed by atoms with van der Waals surface area (Å²) in [6, 6.07) is 0. The van der Waals surface area contributed by atoms with Crippen molar-refractivity contribution < 1.29 is 37.9 Å². The number of phosphoric ester groups is 1. The number of esters is 2. The molecule has 0 aromatic rings. The number of unbranched alkanes of at least 4 members (excludes halogenated alkanes) is 17. The van der Waals surface area contributed by atoms with Crippen LogP contribution in [-0.4, -0.2) is 41.0 Å². The third-order valence-electron chi connectivity index (χ3n) is 7.63. The van der Waals surface area contributed by atoms with Gasteiger partial charge in [-0.05, 0) is 70.6 Å². The molecule has 0 radical (unpaired) electrons. The van der Waals surface area contributed by atoms with E-state index in [1.807, 2.05) is 0 Å². The van der Waals surface area contributed by atoms with Gasteiger partial charge in [0.05, 0.1) is 6.61 Å². The average molecular weight is 671 g/mol. The Bertz CT molecular complexity index is 848. The number of rotatable bonds is 33. The van der Waals surface area contributed by atoms with Gasteiger partial charge >= 0.3 is 19.8 Å². The lowest BCUT2D eigenvalue weighted by molar-refractivity contribution is -0.161. The SMILES string of the molecule is CCCCC/C=C\C/C=C\CCCCCCCC(=O)OC(COC(=O)CCCCCCC/C=C\CCCCCC)COP(=O)(O)O. The van der Waals surface area contributed by atoms with E-state index in [9.17, 15) is 14.2 Å². The summed E-state index contributed by atoms with van der Waals surface area (Å²) in [6.07, 6.45) is 37.2. The van der Waals surface area contributed by atoms with Crippen molar-refractivity contribution in [1.82, 2.24) is 0 Å². The van der Waals surface area contributed by atoms with E-state index in [2.05, 4.69) is 54.8 Å². The van der Waals surface area contributed by atoms with Crippen molar-refractivity contribution in [2.24, 2.45) is 0 Å². The summed E-state index contributed by atoms with van der Waals surface area (Å²) in [5.41, 5.74) is 0. The number of allylic oxidation sites excluding steroid dienone is 6. The molecule has 0 bridgehead atoms. The fourth-order valence-corrected chi connectivity index (χ4v) is 5.23. The van der Waals surface area contributed by atoms with E-state index < -0.39 is 32.5 Å². The molecule has 0 fully saturated rings. The molecule has 8 nitrogen and oxygen atoms in total. The van der Waals surface area contributed by atoms with Crippen LogP contribution in [0.2, 0.25) is 0 Å². The lowest BCUT2D eigenvalue weighted by Crippen LogP contribution is -2.29. The van der Waals surface area contributed by atoms with Gasteiger partial charge in [-0.1, -0.05) is 121 Å². The lowest BCUT2D eigenvalue weighted by Gasteiger charge is -2.18. The molecule has 0 spiro atoms. The zero-order valence-corrected chi connectivity index (χ0v) is 30.1. The molecule has 0 aromatic heterocycles. The van der Waals surface area contributed by atoms with Gasteiger partial charge in [-0.15, -0.1) is 0 Å². The van der Waals surface area contributed by atoms with Crippen molar-refractivity contribution in [3.05, 3.63) is 36.5 Å². The second-order valence-corrected chi connectivity index (χ2v) is 13.4. The van der Waals surface area contributed by atoms with Gasteiger partial charge in [-0.25, -0.2) is 4.57 Å². The number of ether oxygens (including phenoxy) is 2. The largest absolute Gasteiger partial charge is 0.469 e. The molecule has 46 heavy (non-hydrogen) atoms. The highest BCUT2D eigenvalue weighted by Crippen LogP contribution is 2.36. The molecule has 9 heteroatoms. The van der Waals surface area contributed by atoms with E-state index in [1.54, 1.807) is 0 Å². The molecule has 0 saturated carbocycles. The van der Waals surface area contributed by atoms with Crippen LogP contribution in [0.15, 0.2) is 36.5 Å². The summed E-state index contributed by atoms with van der Waals surface area (Å²) in [7, 11) is -4.75. The van der Waals surface area contributed by atoms with Crippen LogP contribution in [0.4, 0.5) is 0 Å². The van der Waals surface area contributed by atoms with Crippen molar-refractivity contribution in [1.29, 1.82) is 0 Å². The number of hydrogen-bond acceptors (Lipinski definition) is 6. The molecule has 0 rings (SSSR count). The summed E-state index contributed by atoms with van der Waals surface area (Å²) in [6.45, 7) is 3.61. The maximum Gasteiger partial charge on any atom is 0.469 e. The third-order valence-corrected chi connectivity index (χ3v) is 8.12. The molecule has 0 aliphatic rings. The van der Waals surface area contributed by atoms with E-state index in [0.717, 1.165) is 70.6 Å². The minimum absolute atomic E-state index is 0.194. The summed E-state index contributed by atoms with van der Waals surface area (Å²) in [4.78, 5) is 42.6. The van der Waals surface area contributed by atoms with Crippen LogP contribution >= 0.6 is 7.82 Å². The van der Waals surface area contributed by atoms with Gasteiger partial charge in [-0.3, -0.25) is 14.1 Å². The molecular formula is C37H67O8P. The third kappa shape index (κ3) is 35.1. The highest BCUT2D eigenvalue weighted by Gasteiger charge is 2.22. The van der Waals surface area contributed by atoms with Crippen LogP contribution in [0.3, 0.4) is 0 Å². The minimum atomic E-state index is -4.75. The van der Waals surface area contributed by atoms with Gasteiger partial charge in [0.15, 0.2) is 6.10 Å². The van der Waals surface area contributed by atoms with Gasteiger partial charge in [0.1, 0.15) is 6.61 Å². The molecule has 0 amide bonds. The second kappa shape index (κ2) is 33.2. The Kier molecular flexibility index (Phi) is 31.9. The summed E-state index contributed by atoms with van der Waals surface area (Å²) in [5.74, 6) is -0.913. The van der Waals surface area contributed by atoms with Crippen molar-refractivity contribution in [2.75, 3.05) is 13.2 Å².